The highest BCUT2D eigenvalue weighted by atomic mass is 16.2. The van der Waals surface area contributed by atoms with E-state index in [1.807, 2.05) is 36.4 Å². The Labute approximate surface area is 156 Å². The molecule has 0 spiro atoms. The number of benzene rings is 2. The monoisotopic (exact) mass is 361 g/mol. The maximum absolute atomic E-state index is 12.0. The number of amides is 4. The number of carbonyl (C=O) groups excluding carboxylic acids is 2. The lowest BCUT2D eigenvalue weighted by molar-refractivity contribution is 0.251. The lowest BCUT2D eigenvalue weighted by Crippen LogP contribution is -2.28. The molecule has 0 atom stereocenters. The van der Waals surface area contributed by atoms with Crippen LogP contribution in [0, 0.1) is 0 Å². The van der Waals surface area contributed by atoms with Crippen LogP contribution in [-0.2, 0) is 6.54 Å². The molecule has 0 aliphatic heterocycles. The minimum absolute atomic E-state index is 0.324. The number of nitrogens with one attached hydrogen (secondary N) is 4. The van der Waals surface area contributed by atoms with E-state index in [0.717, 1.165) is 5.69 Å². The largest absolute Gasteiger partial charge is 0.332 e. The summed E-state index contributed by atoms with van der Waals surface area (Å²) in [5.74, 6) is 0. The topological polar surface area (TPSA) is 95.2 Å². The molecule has 0 radical (unpaired) electrons. The number of hydrogen-bond acceptors (Lipinski definition) is 3. The quantitative estimate of drug-likeness (QED) is 0.552. The average Bonchev–Trinajstić information content (AvgIpc) is 2.68. The number of para-hydroxylation sites is 1. The average molecular weight is 361 g/mol. The van der Waals surface area contributed by atoms with Gasteiger partial charge in [-0.05, 0) is 42.5 Å². The van der Waals surface area contributed by atoms with Gasteiger partial charge in [0.2, 0.25) is 0 Å². The summed E-state index contributed by atoms with van der Waals surface area (Å²) in [5.41, 5.74) is 2.58. The fraction of sp³-hybridized carbons (Fsp3) is 0.0500. The second kappa shape index (κ2) is 9.00. The van der Waals surface area contributed by atoms with Crippen molar-refractivity contribution in [3.8, 4) is 0 Å². The molecule has 4 amide bonds. The second-order valence-corrected chi connectivity index (χ2v) is 5.65. The molecule has 136 valence electrons. The molecule has 0 aliphatic rings. The Balaban J connectivity index is 1.52. The summed E-state index contributed by atoms with van der Waals surface area (Å²) in [6.07, 6.45) is 1.67. The standard InChI is InChI=1S/C20H19N5O2/c26-19(22-14-18-9-4-5-12-21-18)24-16-10-6-11-17(13-16)25-20(27)23-15-7-2-1-3-8-15/h1-13H,14H2,(H2,22,24,26)(H2,23,25,27). The van der Waals surface area contributed by atoms with E-state index in [1.165, 1.54) is 0 Å². The van der Waals surface area contributed by atoms with Crippen molar-refractivity contribution in [1.82, 2.24) is 10.3 Å². The molecule has 4 N–H and O–H groups in total. The Hall–Kier alpha value is -3.87. The molecule has 0 bridgehead atoms. The minimum atomic E-state index is -0.363. The van der Waals surface area contributed by atoms with Gasteiger partial charge < -0.3 is 21.3 Å². The van der Waals surface area contributed by atoms with E-state index >= 15 is 0 Å². The number of aromatic nitrogens is 1. The summed E-state index contributed by atoms with van der Waals surface area (Å²) in [4.78, 5) is 28.2. The van der Waals surface area contributed by atoms with Crippen LogP contribution in [-0.4, -0.2) is 17.0 Å². The highest BCUT2D eigenvalue weighted by molar-refractivity contribution is 6.00. The van der Waals surface area contributed by atoms with Crippen LogP contribution in [0.3, 0.4) is 0 Å². The van der Waals surface area contributed by atoms with Crippen LogP contribution < -0.4 is 21.3 Å². The van der Waals surface area contributed by atoms with Crippen LogP contribution in [0.5, 0.6) is 0 Å². The first-order valence-corrected chi connectivity index (χ1v) is 8.37. The van der Waals surface area contributed by atoms with E-state index in [9.17, 15) is 9.59 Å². The van der Waals surface area contributed by atoms with Crippen molar-refractivity contribution in [3.63, 3.8) is 0 Å². The fourth-order valence-corrected chi connectivity index (χ4v) is 2.34. The first-order chi connectivity index (χ1) is 13.2. The molecule has 7 heteroatoms. The summed E-state index contributed by atoms with van der Waals surface area (Å²) in [7, 11) is 0. The van der Waals surface area contributed by atoms with E-state index < -0.39 is 0 Å². The predicted molar refractivity (Wildman–Crippen MR) is 106 cm³/mol. The maximum Gasteiger partial charge on any atom is 0.323 e. The zero-order chi connectivity index (χ0) is 18.9. The molecule has 0 aliphatic carbocycles. The number of anilines is 3. The molecule has 0 saturated carbocycles. The summed E-state index contributed by atoms with van der Waals surface area (Å²) < 4.78 is 0. The number of carbonyl (C=O) groups is 2. The Morgan fingerprint density at radius 3 is 2.04 bits per heavy atom. The molecule has 2 aromatic carbocycles. The van der Waals surface area contributed by atoms with E-state index in [4.69, 9.17) is 0 Å². The van der Waals surface area contributed by atoms with Crippen molar-refractivity contribution in [3.05, 3.63) is 84.7 Å². The van der Waals surface area contributed by atoms with Crippen molar-refractivity contribution in [2.24, 2.45) is 0 Å². The minimum Gasteiger partial charge on any atom is -0.332 e. The summed E-state index contributed by atoms with van der Waals surface area (Å²) in [6.45, 7) is 0.324. The lowest BCUT2D eigenvalue weighted by Gasteiger charge is -2.10. The highest BCUT2D eigenvalue weighted by Gasteiger charge is 2.05. The number of pyridine rings is 1. The molecular weight excluding hydrogens is 342 g/mol. The first kappa shape index (κ1) is 17.9. The smallest absolute Gasteiger partial charge is 0.323 e. The Morgan fingerprint density at radius 1 is 0.704 bits per heavy atom. The van der Waals surface area contributed by atoms with Crippen LogP contribution >= 0.6 is 0 Å². The molecule has 1 heterocycles. The zero-order valence-corrected chi connectivity index (χ0v) is 14.5. The molecule has 1 aromatic heterocycles. The Morgan fingerprint density at radius 2 is 1.33 bits per heavy atom. The third-order valence-corrected chi connectivity index (χ3v) is 3.57. The molecule has 7 nitrogen and oxygen atoms in total. The normalized spacial score (nSPS) is 9.93. The molecule has 0 fully saturated rings. The predicted octanol–water partition coefficient (Wildman–Crippen LogP) is 4.05. The third-order valence-electron chi connectivity index (χ3n) is 3.57. The molecule has 3 rings (SSSR count). The van der Waals surface area contributed by atoms with Gasteiger partial charge in [0.25, 0.3) is 0 Å². The molecule has 0 saturated heterocycles. The van der Waals surface area contributed by atoms with E-state index in [0.29, 0.717) is 23.6 Å². The molecule has 27 heavy (non-hydrogen) atoms. The van der Waals surface area contributed by atoms with Gasteiger partial charge >= 0.3 is 12.1 Å². The summed E-state index contributed by atoms with van der Waals surface area (Å²) >= 11 is 0. The van der Waals surface area contributed by atoms with Gasteiger partial charge in [0, 0.05) is 23.3 Å². The fourth-order valence-electron chi connectivity index (χ4n) is 2.34. The highest BCUT2D eigenvalue weighted by Crippen LogP contribution is 2.15. The van der Waals surface area contributed by atoms with E-state index in [-0.39, 0.29) is 12.1 Å². The van der Waals surface area contributed by atoms with Gasteiger partial charge in [-0.25, -0.2) is 9.59 Å². The Bertz CT molecular complexity index is 901. The van der Waals surface area contributed by atoms with Crippen molar-refractivity contribution in [2.75, 3.05) is 16.0 Å². The Kier molecular flexibility index (Phi) is 5.98. The molecule has 3 aromatic rings. The van der Waals surface area contributed by atoms with Crippen molar-refractivity contribution >= 4 is 29.1 Å². The zero-order valence-electron chi connectivity index (χ0n) is 14.5. The van der Waals surface area contributed by atoms with Gasteiger partial charge in [-0.1, -0.05) is 30.3 Å². The van der Waals surface area contributed by atoms with Gasteiger partial charge in [0.1, 0.15) is 0 Å². The van der Waals surface area contributed by atoms with Gasteiger partial charge in [0.05, 0.1) is 12.2 Å². The maximum atomic E-state index is 12.0. The third kappa shape index (κ3) is 5.86. The number of hydrogen-bond donors (Lipinski definition) is 4. The number of rotatable bonds is 5. The van der Waals surface area contributed by atoms with Gasteiger partial charge in [-0.15, -0.1) is 0 Å². The second-order valence-electron chi connectivity index (χ2n) is 5.65. The van der Waals surface area contributed by atoms with Crippen LogP contribution in [0.4, 0.5) is 26.7 Å². The van der Waals surface area contributed by atoms with Gasteiger partial charge in [-0.2, -0.15) is 0 Å². The SMILES string of the molecule is O=C(NCc1ccccn1)Nc1cccc(NC(=O)Nc2ccccc2)c1. The first-order valence-electron chi connectivity index (χ1n) is 8.37. The summed E-state index contributed by atoms with van der Waals surface area (Å²) in [6, 6.07) is 20.8. The van der Waals surface area contributed by atoms with E-state index in [1.54, 1.807) is 42.6 Å². The van der Waals surface area contributed by atoms with Crippen LogP contribution in [0.2, 0.25) is 0 Å². The number of urea groups is 2. The molecule has 0 unspecified atom stereocenters. The van der Waals surface area contributed by atoms with Crippen molar-refractivity contribution in [1.29, 1.82) is 0 Å². The molecular formula is C20H19N5O2. The summed E-state index contributed by atoms with van der Waals surface area (Å²) in [5, 5.41) is 10.9. The van der Waals surface area contributed by atoms with Crippen LogP contribution in [0.25, 0.3) is 0 Å². The number of nitrogens with zero attached hydrogens (tertiary/aromatic N) is 1. The van der Waals surface area contributed by atoms with Crippen molar-refractivity contribution in [2.45, 2.75) is 6.54 Å². The van der Waals surface area contributed by atoms with Gasteiger partial charge in [-0.3, -0.25) is 4.98 Å². The van der Waals surface area contributed by atoms with E-state index in [2.05, 4.69) is 26.3 Å². The van der Waals surface area contributed by atoms with Crippen molar-refractivity contribution < 1.29 is 9.59 Å². The van der Waals surface area contributed by atoms with Gasteiger partial charge in [0.15, 0.2) is 0 Å². The van der Waals surface area contributed by atoms with Crippen LogP contribution in [0.1, 0.15) is 5.69 Å². The lowest BCUT2D eigenvalue weighted by atomic mass is 10.3. The van der Waals surface area contributed by atoms with Crippen LogP contribution in [0.15, 0.2) is 79.0 Å².